The molecule has 0 atom stereocenters. The molecular weight excluding hydrogens is 372 g/mol. The average Bonchev–Trinajstić information content (AvgIpc) is 3.61. The first-order valence-electron chi connectivity index (χ1n) is 9.66. The van der Waals surface area contributed by atoms with Crippen LogP contribution in [-0.4, -0.2) is 30.7 Å². The van der Waals surface area contributed by atoms with Gasteiger partial charge in [-0.3, -0.25) is 4.79 Å². The lowest BCUT2D eigenvalue weighted by Gasteiger charge is -2.20. The normalized spacial score (nSPS) is 17.2. The van der Waals surface area contributed by atoms with Crippen molar-refractivity contribution < 1.29 is 13.2 Å². The van der Waals surface area contributed by atoms with Crippen LogP contribution in [0.5, 0.6) is 0 Å². The minimum absolute atomic E-state index is 0.0586. The van der Waals surface area contributed by atoms with E-state index in [4.69, 9.17) is 0 Å². The van der Waals surface area contributed by atoms with Crippen molar-refractivity contribution in [3.05, 3.63) is 76.7 Å². The first kappa shape index (κ1) is 18.9. The maximum Gasteiger partial charge on any atom is 0.251 e. The van der Waals surface area contributed by atoms with Crippen LogP contribution in [0.25, 0.3) is 6.08 Å². The van der Waals surface area contributed by atoms with E-state index in [0.717, 1.165) is 36.8 Å². The number of sulfonamides is 1. The molecule has 0 bridgehead atoms. The standard InChI is InChI=1S/C22H24N2O3S/c25-22(23-20-10-11-20)19-8-6-18(7-9-19)16-24(21-12-13-21)28(26,27)15-14-17-4-2-1-3-5-17/h1-9,14-15,20-21H,10-13,16H2,(H,23,25)/b15-14+. The Morgan fingerprint density at radius 3 is 2.29 bits per heavy atom. The van der Waals surface area contributed by atoms with Gasteiger partial charge in [0.05, 0.1) is 0 Å². The molecule has 5 nitrogen and oxygen atoms in total. The van der Waals surface area contributed by atoms with Crippen LogP contribution in [0.15, 0.2) is 60.0 Å². The molecule has 146 valence electrons. The highest BCUT2D eigenvalue weighted by molar-refractivity contribution is 7.92. The first-order valence-corrected chi connectivity index (χ1v) is 11.2. The number of hydrogen-bond acceptors (Lipinski definition) is 3. The Morgan fingerprint density at radius 2 is 1.68 bits per heavy atom. The SMILES string of the molecule is O=C(NC1CC1)c1ccc(CN(C2CC2)S(=O)(=O)/C=C/c2ccccc2)cc1. The zero-order chi connectivity index (χ0) is 19.6. The van der Waals surface area contributed by atoms with E-state index in [2.05, 4.69) is 5.32 Å². The zero-order valence-corrected chi connectivity index (χ0v) is 16.4. The van der Waals surface area contributed by atoms with Crippen molar-refractivity contribution in [2.45, 2.75) is 44.3 Å². The Hall–Kier alpha value is -2.44. The highest BCUT2D eigenvalue weighted by Crippen LogP contribution is 2.31. The predicted molar refractivity (Wildman–Crippen MR) is 110 cm³/mol. The summed E-state index contributed by atoms with van der Waals surface area (Å²) in [5.41, 5.74) is 2.35. The van der Waals surface area contributed by atoms with Gasteiger partial charge < -0.3 is 5.32 Å². The molecule has 0 spiro atoms. The van der Waals surface area contributed by atoms with E-state index in [1.807, 2.05) is 42.5 Å². The minimum atomic E-state index is -3.52. The van der Waals surface area contributed by atoms with Crippen molar-refractivity contribution in [1.82, 2.24) is 9.62 Å². The van der Waals surface area contributed by atoms with Crippen LogP contribution in [0, 0.1) is 0 Å². The number of hydrogen-bond donors (Lipinski definition) is 1. The Labute approximate surface area is 166 Å². The second kappa shape index (κ2) is 7.89. The summed E-state index contributed by atoms with van der Waals surface area (Å²) in [7, 11) is -3.52. The number of nitrogens with zero attached hydrogens (tertiary/aromatic N) is 1. The van der Waals surface area contributed by atoms with Crippen LogP contribution in [0.2, 0.25) is 0 Å². The molecule has 0 aromatic heterocycles. The molecular formula is C22H24N2O3S. The Bertz CT molecular complexity index is 961. The fraction of sp³-hybridized carbons (Fsp3) is 0.318. The first-order chi connectivity index (χ1) is 13.5. The second-order valence-corrected chi connectivity index (χ2v) is 9.25. The molecule has 28 heavy (non-hydrogen) atoms. The van der Waals surface area contributed by atoms with Crippen LogP contribution in [0.4, 0.5) is 0 Å². The van der Waals surface area contributed by atoms with E-state index < -0.39 is 10.0 Å². The summed E-state index contributed by atoms with van der Waals surface area (Å²) in [5.74, 6) is -0.0634. The average molecular weight is 397 g/mol. The molecule has 0 saturated heterocycles. The van der Waals surface area contributed by atoms with Gasteiger partial charge >= 0.3 is 0 Å². The van der Waals surface area contributed by atoms with Gasteiger partial charge in [0.2, 0.25) is 10.0 Å². The fourth-order valence-corrected chi connectivity index (χ4v) is 4.47. The molecule has 2 aliphatic rings. The molecule has 0 unspecified atom stereocenters. The van der Waals surface area contributed by atoms with Crippen molar-refractivity contribution in [3.63, 3.8) is 0 Å². The largest absolute Gasteiger partial charge is 0.349 e. The fourth-order valence-electron chi connectivity index (χ4n) is 3.03. The monoisotopic (exact) mass is 396 g/mol. The summed E-state index contributed by atoms with van der Waals surface area (Å²) in [5, 5.41) is 4.25. The number of carbonyl (C=O) groups excluding carboxylic acids is 1. The molecule has 2 fully saturated rings. The summed E-state index contributed by atoms with van der Waals surface area (Å²) in [6.07, 6.45) is 5.51. The van der Waals surface area contributed by atoms with Gasteiger partial charge in [-0.25, -0.2) is 8.42 Å². The lowest BCUT2D eigenvalue weighted by Crippen LogP contribution is -2.31. The summed E-state index contributed by atoms with van der Waals surface area (Å²) >= 11 is 0. The Morgan fingerprint density at radius 1 is 1.00 bits per heavy atom. The number of carbonyl (C=O) groups is 1. The molecule has 1 amide bonds. The highest BCUT2D eigenvalue weighted by Gasteiger charge is 2.36. The summed E-state index contributed by atoms with van der Waals surface area (Å²) < 4.78 is 27.3. The van der Waals surface area contributed by atoms with Crippen LogP contribution in [0.3, 0.4) is 0 Å². The minimum Gasteiger partial charge on any atom is -0.349 e. The van der Waals surface area contributed by atoms with Crippen molar-refractivity contribution in [2.24, 2.45) is 0 Å². The maximum atomic E-state index is 12.9. The van der Waals surface area contributed by atoms with Gasteiger partial charge in [0.25, 0.3) is 5.91 Å². The van der Waals surface area contributed by atoms with E-state index in [0.29, 0.717) is 18.2 Å². The van der Waals surface area contributed by atoms with Crippen molar-refractivity contribution in [1.29, 1.82) is 0 Å². The molecule has 0 heterocycles. The van der Waals surface area contributed by atoms with Crippen molar-refractivity contribution >= 4 is 22.0 Å². The third-order valence-corrected chi connectivity index (χ3v) is 6.54. The maximum absolute atomic E-state index is 12.9. The quantitative estimate of drug-likeness (QED) is 0.742. The molecule has 4 rings (SSSR count). The molecule has 2 aromatic carbocycles. The van der Waals surface area contributed by atoms with Crippen molar-refractivity contribution in [2.75, 3.05) is 0 Å². The van der Waals surface area contributed by atoms with Crippen LogP contribution >= 0.6 is 0 Å². The lowest BCUT2D eigenvalue weighted by molar-refractivity contribution is 0.0951. The van der Waals surface area contributed by atoms with E-state index in [1.54, 1.807) is 22.5 Å². The summed E-state index contributed by atoms with van der Waals surface area (Å²) in [4.78, 5) is 12.1. The number of amides is 1. The molecule has 6 heteroatoms. The number of nitrogens with one attached hydrogen (secondary N) is 1. The van der Waals surface area contributed by atoms with Crippen LogP contribution < -0.4 is 5.32 Å². The van der Waals surface area contributed by atoms with Gasteiger partial charge in [-0.05, 0) is 55.0 Å². The van der Waals surface area contributed by atoms with Gasteiger partial charge in [0, 0.05) is 29.6 Å². The molecule has 2 aliphatic carbocycles. The third kappa shape index (κ3) is 4.88. The van der Waals surface area contributed by atoms with Gasteiger partial charge in [-0.1, -0.05) is 42.5 Å². The predicted octanol–water partition coefficient (Wildman–Crippen LogP) is 3.54. The highest BCUT2D eigenvalue weighted by atomic mass is 32.2. The van der Waals surface area contributed by atoms with Crippen LogP contribution in [0.1, 0.15) is 47.2 Å². The van der Waals surface area contributed by atoms with Crippen molar-refractivity contribution in [3.8, 4) is 0 Å². The number of rotatable bonds is 8. The Kier molecular flexibility index (Phi) is 5.33. The zero-order valence-electron chi connectivity index (χ0n) is 15.6. The van der Waals surface area contributed by atoms with Gasteiger partial charge in [0.15, 0.2) is 0 Å². The van der Waals surface area contributed by atoms with E-state index in [1.165, 1.54) is 5.41 Å². The van der Waals surface area contributed by atoms with Crippen LogP contribution in [-0.2, 0) is 16.6 Å². The summed E-state index contributed by atoms with van der Waals surface area (Å²) in [6, 6.07) is 17.0. The lowest BCUT2D eigenvalue weighted by atomic mass is 10.1. The Balaban J connectivity index is 1.46. The molecule has 1 N–H and O–H groups in total. The van der Waals surface area contributed by atoms with Gasteiger partial charge in [0.1, 0.15) is 0 Å². The molecule has 2 saturated carbocycles. The smallest absolute Gasteiger partial charge is 0.251 e. The number of benzene rings is 2. The van der Waals surface area contributed by atoms with Gasteiger partial charge in [-0.2, -0.15) is 4.31 Å². The van der Waals surface area contributed by atoms with Gasteiger partial charge in [-0.15, -0.1) is 0 Å². The topological polar surface area (TPSA) is 66.5 Å². The second-order valence-electron chi connectivity index (χ2n) is 7.48. The van der Waals surface area contributed by atoms with E-state index in [-0.39, 0.29) is 11.9 Å². The van der Waals surface area contributed by atoms with E-state index in [9.17, 15) is 13.2 Å². The molecule has 0 aliphatic heterocycles. The third-order valence-electron chi connectivity index (χ3n) is 4.98. The van der Waals surface area contributed by atoms with E-state index >= 15 is 0 Å². The summed E-state index contributed by atoms with van der Waals surface area (Å²) in [6.45, 7) is 0.316. The molecule has 0 radical (unpaired) electrons. The molecule has 2 aromatic rings.